The van der Waals surface area contributed by atoms with Crippen LogP contribution in [0.3, 0.4) is 0 Å². The molecule has 0 spiro atoms. The summed E-state index contributed by atoms with van der Waals surface area (Å²) in [6.07, 6.45) is 0. The van der Waals surface area contributed by atoms with E-state index < -0.39 is 0 Å². The quantitative estimate of drug-likeness (QED) is 0.865. The first-order valence-electron chi connectivity index (χ1n) is 5.72. The van der Waals surface area contributed by atoms with Crippen LogP contribution in [0.5, 0.6) is 0 Å². The molecule has 4 heteroatoms. The van der Waals surface area contributed by atoms with E-state index in [0.717, 1.165) is 29.8 Å². The fourth-order valence-corrected chi connectivity index (χ4v) is 2.82. The maximum absolute atomic E-state index is 8.87. The standard InChI is InChI=1S/C13H16BrN3/c1-13(2)9-16-5-6-17(13)12-4-3-10(8-15)7-11(12)14/h3-4,7,16H,5-6,9H2,1-2H3. The normalized spacial score (nSPS) is 18.8. The number of hydrogen-bond donors (Lipinski definition) is 1. The van der Waals surface area contributed by atoms with Crippen LogP contribution in [0, 0.1) is 11.3 Å². The van der Waals surface area contributed by atoms with Gasteiger partial charge in [0.25, 0.3) is 0 Å². The van der Waals surface area contributed by atoms with Gasteiger partial charge in [-0.1, -0.05) is 0 Å². The molecule has 0 atom stereocenters. The number of nitrogens with one attached hydrogen (secondary N) is 1. The molecule has 1 N–H and O–H groups in total. The second-order valence-corrected chi connectivity index (χ2v) is 5.77. The monoisotopic (exact) mass is 293 g/mol. The Morgan fingerprint density at radius 1 is 1.47 bits per heavy atom. The minimum Gasteiger partial charge on any atom is -0.363 e. The Bertz CT molecular complexity index is 462. The molecular weight excluding hydrogens is 278 g/mol. The predicted octanol–water partition coefficient (Wildman–Crippen LogP) is 2.51. The smallest absolute Gasteiger partial charge is 0.0992 e. The Morgan fingerprint density at radius 3 is 2.82 bits per heavy atom. The molecule has 0 bridgehead atoms. The Labute approximate surface area is 111 Å². The summed E-state index contributed by atoms with van der Waals surface area (Å²) in [5.74, 6) is 0. The molecule has 1 aromatic carbocycles. The van der Waals surface area contributed by atoms with Crippen LogP contribution in [0.2, 0.25) is 0 Å². The largest absolute Gasteiger partial charge is 0.363 e. The van der Waals surface area contributed by atoms with Gasteiger partial charge in [0, 0.05) is 29.6 Å². The second-order valence-electron chi connectivity index (χ2n) is 4.92. The molecule has 1 fully saturated rings. The fourth-order valence-electron chi connectivity index (χ4n) is 2.23. The third-order valence-electron chi connectivity index (χ3n) is 3.17. The third-order valence-corrected chi connectivity index (χ3v) is 3.80. The van der Waals surface area contributed by atoms with Crippen LogP contribution in [0.1, 0.15) is 19.4 Å². The minimum atomic E-state index is 0.0922. The Morgan fingerprint density at radius 2 is 2.24 bits per heavy atom. The van der Waals surface area contributed by atoms with E-state index in [9.17, 15) is 0 Å². The lowest BCUT2D eigenvalue weighted by atomic mass is 9.99. The zero-order valence-electron chi connectivity index (χ0n) is 10.1. The van der Waals surface area contributed by atoms with E-state index in [1.54, 1.807) is 0 Å². The van der Waals surface area contributed by atoms with Crippen LogP contribution in [-0.4, -0.2) is 25.2 Å². The number of hydrogen-bond acceptors (Lipinski definition) is 3. The molecule has 0 aliphatic carbocycles. The van der Waals surface area contributed by atoms with Gasteiger partial charge in [0.1, 0.15) is 0 Å². The number of benzene rings is 1. The van der Waals surface area contributed by atoms with Crippen molar-refractivity contribution in [1.82, 2.24) is 5.32 Å². The molecule has 2 rings (SSSR count). The molecule has 1 aromatic rings. The van der Waals surface area contributed by atoms with Crippen molar-refractivity contribution in [2.24, 2.45) is 0 Å². The molecule has 0 aromatic heterocycles. The zero-order valence-corrected chi connectivity index (χ0v) is 11.7. The maximum Gasteiger partial charge on any atom is 0.0992 e. The van der Waals surface area contributed by atoms with Gasteiger partial charge in [-0.05, 0) is 48.0 Å². The van der Waals surface area contributed by atoms with Crippen molar-refractivity contribution in [1.29, 1.82) is 5.26 Å². The molecule has 0 saturated carbocycles. The topological polar surface area (TPSA) is 39.1 Å². The van der Waals surface area contributed by atoms with E-state index in [-0.39, 0.29) is 5.54 Å². The van der Waals surface area contributed by atoms with Crippen LogP contribution in [0.25, 0.3) is 0 Å². The number of halogens is 1. The van der Waals surface area contributed by atoms with Crippen molar-refractivity contribution in [3.05, 3.63) is 28.2 Å². The highest BCUT2D eigenvalue weighted by molar-refractivity contribution is 9.10. The first-order chi connectivity index (χ1) is 8.04. The molecule has 0 amide bonds. The average Bonchev–Trinajstić information content (AvgIpc) is 2.29. The lowest BCUT2D eigenvalue weighted by molar-refractivity contribution is 0.380. The van der Waals surface area contributed by atoms with E-state index in [0.29, 0.717) is 5.56 Å². The summed E-state index contributed by atoms with van der Waals surface area (Å²) in [4.78, 5) is 2.38. The zero-order chi connectivity index (χ0) is 12.5. The summed E-state index contributed by atoms with van der Waals surface area (Å²) in [7, 11) is 0. The van der Waals surface area contributed by atoms with Crippen LogP contribution in [-0.2, 0) is 0 Å². The SMILES string of the molecule is CC1(C)CNCCN1c1ccc(C#N)cc1Br. The Kier molecular flexibility index (Phi) is 3.41. The minimum absolute atomic E-state index is 0.0922. The molecule has 3 nitrogen and oxygen atoms in total. The third kappa shape index (κ3) is 2.46. The fraction of sp³-hybridized carbons (Fsp3) is 0.462. The van der Waals surface area contributed by atoms with Gasteiger partial charge in [0.05, 0.1) is 17.3 Å². The van der Waals surface area contributed by atoms with Crippen LogP contribution in [0.15, 0.2) is 22.7 Å². The van der Waals surface area contributed by atoms with E-state index in [1.165, 1.54) is 0 Å². The molecule has 0 unspecified atom stereocenters. The predicted molar refractivity (Wildman–Crippen MR) is 73.2 cm³/mol. The van der Waals surface area contributed by atoms with Crippen molar-refractivity contribution in [2.75, 3.05) is 24.5 Å². The Balaban J connectivity index is 2.36. The number of anilines is 1. The van der Waals surface area contributed by atoms with Crippen LogP contribution < -0.4 is 10.2 Å². The number of nitriles is 1. The van der Waals surface area contributed by atoms with E-state index in [1.807, 2.05) is 18.2 Å². The number of nitrogens with zero attached hydrogens (tertiary/aromatic N) is 2. The van der Waals surface area contributed by atoms with Crippen LogP contribution >= 0.6 is 15.9 Å². The molecule has 1 aliphatic heterocycles. The molecular formula is C13H16BrN3. The van der Waals surface area contributed by atoms with Gasteiger partial charge in [0.15, 0.2) is 0 Å². The molecule has 90 valence electrons. The summed E-state index contributed by atoms with van der Waals surface area (Å²) in [5.41, 5.74) is 1.94. The van der Waals surface area contributed by atoms with E-state index in [4.69, 9.17) is 5.26 Å². The van der Waals surface area contributed by atoms with E-state index >= 15 is 0 Å². The first-order valence-corrected chi connectivity index (χ1v) is 6.52. The van der Waals surface area contributed by atoms with Crippen molar-refractivity contribution < 1.29 is 0 Å². The van der Waals surface area contributed by atoms with Crippen molar-refractivity contribution in [3.8, 4) is 6.07 Å². The van der Waals surface area contributed by atoms with E-state index in [2.05, 4.69) is 46.1 Å². The van der Waals surface area contributed by atoms with Gasteiger partial charge < -0.3 is 10.2 Å². The summed E-state index contributed by atoms with van der Waals surface area (Å²) in [5, 5.41) is 12.3. The maximum atomic E-state index is 8.87. The number of piperazine rings is 1. The van der Waals surface area contributed by atoms with Crippen molar-refractivity contribution >= 4 is 21.6 Å². The number of rotatable bonds is 1. The average molecular weight is 294 g/mol. The van der Waals surface area contributed by atoms with Gasteiger partial charge in [-0.15, -0.1) is 0 Å². The van der Waals surface area contributed by atoms with Gasteiger partial charge in [-0.25, -0.2) is 0 Å². The molecule has 17 heavy (non-hydrogen) atoms. The van der Waals surface area contributed by atoms with Gasteiger partial charge in [-0.2, -0.15) is 5.26 Å². The van der Waals surface area contributed by atoms with Gasteiger partial charge in [-0.3, -0.25) is 0 Å². The van der Waals surface area contributed by atoms with Gasteiger partial charge in [0.2, 0.25) is 0 Å². The molecule has 0 radical (unpaired) electrons. The van der Waals surface area contributed by atoms with Crippen molar-refractivity contribution in [3.63, 3.8) is 0 Å². The molecule has 1 saturated heterocycles. The van der Waals surface area contributed by atoms with Gasteiger partial charge >= 0.3 is 0 Å². The highest BCUT2D eigenvalue weighted by atomic mass is 79.9. The van der Waals surface area contributed by atoms with Crippen LogP contribution in [0.4, 0.5) is 5.69 Å². The first kappa shape index (κ1) is 12.4. The highest BCUT2D eigenvalue weighted by Crippen LogP contribution is 2.32. The summed E-state index contributed by atoms with van der Waals surface area (Å²) in [6, 6.07) is 7.94. The lowest BCUT2D eigenvalue weighted by Gasteiger charge is -2.45. The molecule has 1 aliphatic rings. The highest BCUT2D eigenvalue weighted by Gasteiger charge is 2.30. The van der Waals surface area contributed by atoms with Crippen molar-refractivity contribution in [2.45, 2.75) is 19.4 Å². The lowest BCUT2D eigenvalue weighted by Crippen LogP contribution is -2.58. The Hall–Kier alpha value is -1.05. The summed E-state index contributed by atoms with van der Waals surface area (Å²) in [6.45, 7) is 7.40. The molecule has 1 heterocycles. The summed E-state index contributed by atoms with van der Waals surface area (Å²) >= 11 is 3.56. The second kappa shape index (κ2) is 4.67. The summed E-state index contributed by atoms with van der Waals surface area (Å²) < 4.78 is 0.992.